The van der Waals surface area contributed by atoms with Crippen LogP contribution >= 0.6 is 0 Å². The van der Waals surface area contributed by atoms with E-state index in [0.717, 1.165) is 0 Å². The summed E-state index contributed by atoms with van der Waals surface area (Å²) in [7, 11) is -2.90. The van der Waals surface area contributed by atoms with Crippen molar-refractivity contribution in [2.24, 2.45) is 0 Å². The molecule has 0 unspecified atom stereocenters. The van der Waals surface area contributed by atoms with Crippen LogP contribution in [-0.4, -0.2) is 26.1 Å². The highest BCUT2D eigenvalue weighted by Crippen LogP contribution is 2.37. The quantitative estimate of drug-likeness (QED) is 0.170. The number of para-hydroxylation sites is 4. The first-order valence-electron chi connectivity index (χ1n) is 22.8. The lowest BCUT2D eigenvalue weighted by atomic mass is 9.34. The average Bonchev–Trinajstić information content (AvgIpc) is 3.71. The smallest absolute Gasteiger partial charge is 0.246 e. The topological polar surface area (TPSA) is 8.17 Å². The normalized spacial score (nSPS) is 13.9. The predicted molar refractivity (Wildman–Crippen MR) is 280 cm³/mol. The van der Waals surface area contributed by atoms with E-state index in [1.807, 2.05) is 0 Å². The van der Waals surface area contributed by atoms with Crippen LogP contribution in [0.1, 0.15) is 0 Å². The van der Waals surface area contributed by atoms with Crippen molar-refractivity contribution in [1.29, 1.82) is 0 Å². The highest BCUT2D eigenvalue weighted by atomic mass is 28.3. The predicted octanol–water partition coefficient (Wildman–Crippen LogP) is 7.27. The van der Waals surface area contributed by atoms with E-state index in [4.69, 9.17) is 0 Å². The number of fused-ring (bicyclic) bond motifs is 13. The minimum absolute atomic E-state index is 0.0867. The van der Waals surface area contributed by atoms with Crippen molar-refractivity contribution in [1.82, 2.24) is 4.57 Å². The van der Waals surface area contributed by atoms with Crippen LogP contribution in [0, 0.1) is 0 Å². The Balaban J connectivity index is 0.956. The summed E-state index contributed by atoms with van der Waals surface area (Å²) in [6, 6.07) is 91.7. The zero-order valence-electron chi connectivity index (χ0n) is 35.6. The lowest BCUT2D eigenvalue weighted by Gasteiger charge is -2.50. The van der Waals surface area contributed by atoms with Gasteiger partial charge in [-0.1, -0.05) is 216 Å². The molecule has 0 aliphatic carbocycles. The minimum Gasteiger partial charge on any atom is -0.312 e. The first-order valence-corrected chi connectivity index (χ1v) is 24.8. The van der Waals surface area contributed by atoms with Crippen LogP contribution in [0.4, 0.5) is 17.1 Å². The molecule has 11 aromatic rings. The molecule has 5 heteroatoms. The van der Waals surface area contributed by atoms with Crippen molar-refractivity contribution in [3.63, 3.8) is 0 Å². The molecule has 0 radical (unpaired) electrons. The number of benzene rings is 10. The fraction of sp³-hybridized carbons (Fsp3) is 0. The lowest BCUT2D eigenvalue weighted by molar-refractivity contribution is 1.18. The number of hydrogen-bond donors (Lipinski definition) is 0. The van der Waals surface area contributed by atoms with Crippen LogP contribution in [0.3, 0.4) is 0 Å². The van der Waals surface area contributed by atoms with Gasteiger partial charge in [0.15, 0.2) is 8.07 Å². The summed E-state index contributed by atoms with van der Waals surface area (Å²) in [5.74, 6) is 0. The second-order valence-electron chi connectivity index (χ2n) is 17.9. The summed E-state index contributed by atoms with van der Waals surface area (Å²) in [6.07, 6.45) is 0. The Bertz CT molecular complexity index is 3650. The number of aromatic nitrogens is 1. The number of anilines is 3. The maximum atomic E-state index is 2.52. The molecule has 0 saturated carbocycles. The third-order valence-electron chi connectivity index (χ3n) is 14.8. The second-order valence-corrected chi connectivity index (χ2v) is 21.5. The molecule has 65 heavy (non-hydrogen) atoms. The molecule has 4 heterocycles. The van der Waals surface area contributed by atoms with Gasteiger partial charge in [0.1, 0.15) is 0 Å². The number of rotatable bonds is 4. The lowest BCUT2D eigenvalue weighted by Crippen LogP contribution is -2.93. The molecule has 0 fully saturated rings. The van der Waals surface area contributed by atoms with E-state index in [2.05, 4.69) is 252 Å². The summed E-state index contributed by atoms with van der Waals surface area (Å²) >= 11 is 0. The largest absolute Gasteiger partial charge is 0.312 e. The van der Waals surface area contributed by atoms with Gasteiger partial charge in [-0.3, -0.25) is 0 Å². The van der Waals surface area contributed by atoms with Gasteiger partial charge in [0.05, 0.1) is 11.0 Å². The Kier molecular flexibility index (Phi) is 7.93. The molecule has 14 rings (SSSR count). The van der Waals surface area contributed by atoms with Crippen LogP contribution in [0.15, 0.2) is 243 Å². The van der Waals surface area contributed by atoms with Gasteiger partial charge in [0.2, 0.25) is 13.4 Å². The van der Waals surface area contributed by atoms with Crippen molar-refractivity contribution in [3.8, 4) is 16.8 Å². The van der Waals surface area contributed by atoms with Gasteiger partial charge in [-0.05, 0) is 91.3 Å². The van der Waals surface area contributed by atoms with Crippen LogP contribution < -0.4 is 58.4 Å². The molecular weight excluding hydrogens is 798 g/mol. The van der Waals surface area contributed by atoms with E-state index in [-0.39, 0.29) is 13.4 Å². The summed E-state index contributed by atoms with van der Waals surface area (Å²) in [6.45, 7) is 0.216. The van der Waals surface area contributed by atoms with Crippen molar-refractivity contribution in [3.05, 3.63) is 243 Å². The Hall–Kier alpha value is -7.85. The highest BCUT2D eigenvalue weighted by molar-refractivity contribution is 7.31. The van der Waals surface area contributed by atoms with Crippen LogP contribution in [-0.2, 0) is 0 Å². The zero-order valence-corrected chi connectivity index (χ0v) is 36.6. The maximum absolute atomic E-state index is 2.90. The maximum Gasteiger partial charge on any atom is 0.246 e. The Morgan fingerprint density at radius 1 is 0.323 bits per heavy atom. The molecule has 0 saturated heterocycles. The van der Waals surface area contributed by atoms with Gasteiger partial charge in [-0.15, -0.1) is 0 Å². The molecule has 3 aliphatic heterocycles. The van der Waals surface area contributed by atoms with Gasteiger partial charge in [0, 0.05) is 33.5 Å². The van der Waals surface area contributed by atoms with E-state index >= 15 is 0 Å². The fourth-order valence-corrected chi connectivity index (χ4v) is 18.1. The van der Waals surface area contributed by atoms with Gasteiger partial charge in [-0.2, -0.15) is 0 Å². The summed E-state index contributed by atoms with van der Waals surface area (Å²) in [4.78, 5) is 2.52. The van der Waals surface area contributed by atoms with Crippen molar-refractivity contribution in [2.45, 2.75) is 0 Å². The van der Waals surface area contributed by atoms with E-state index in [1.165, 1.54) is 109 Å². The molecule has 1 aromatic heterocycles. The fourth-order valence-electron chi connectivity index (χ4n) is 12.3. The molecular formula is C60H40B2N2Si. The third-order valence-corrected chi connectivity index (χ3v) is 19.8. The second kappa shape index (κ2) is 14.1. The van der Waals surface area contributed by atoms with Crippen molar-refractivity contribution >= 4 is 114 Å². The number of hydrogen-bond acceptors (Lipinski definition) is 1. The molecule has 10 aromatic carbocycles. The first-order chi connectivity index (χ1) is 32.3. The number of nitrogens with zero attached hydrogens (tertiary/aromatic N) is 2. The molecule has 2 nitrogen and oxygen atoms in total. The average molecular weight is 839 g/mol. The summed E-state index contributed by atoms with van der Waals surface area (Å²) in [5, 5.41) is 8.55. The Morgan fingerprint density at radius 3 is 1.52 bits per heavy atom. The third kappa shape index (κ3) is 5.07. The van der Waals surface area contributed by atoms with Gasteiger partial charge < -0.3 is 9.47 Å². The van der Waals surface area contributed by atoms with Crippen molar-refractivity contribution in [2.75, 3.05) is 4.90 Å². The molecule has 0 bridgehead atoms. The highest BCUT2D eigenvalue weighted by Gasteiger charge is 2.56. The molecule has 0 N–H and O–H groups in total. The molecule has 0 atom stereocenters. The van der Waals surface area contributed by atoms with Gasteiger partial charge in [0.25, 0.3) is 0 Å². The summed E-state index contributed by atoms with van der Waals surface area (Å²) < 4.78 is 2.41. The standard InChI is InChI=1S/C60H40B2N2Si/c1-3-18-44(19-4-1)63-52-27-12-7-22-46(52)47-39-36-42(40-55(47)63)41-34-37-43(38-35-41)61-49-24-9-14-30-56(49)65(57-31-15-10-25-50(57)61)58-32-16-11-26-51(58)62-48-23-8-13-28-53(48)64(45-20-5-2-6-21-45)54-29-17-33-59(65)60(54)62/h1-40H. The molecule has 300 valence electrons. The van der Waals surface area contributed by atoms with Crippen molar-refractivity contribution < 1.29 is 0 Å². The minimum atomic E-state index is -2.90. The van der Waals surface area contributed by atoms with E-state index in [1.54, 1.807) is 0 Å². The SMILES string of the molecule is c1ccc(N2c3ccccc3B3c4ccccc4[Si]4(c5ccccc5B(c5ccc(-c6ccc7c8ccccc8n(-c8ccccc8)c7c6)cc5)c5ccccc54)c4cccc2c43)cc1. The van der Waals surface area contributed by atoms with E-state index in [0.29, 0.717) is 0 Å². The van der Waals surface area contributed by atoms with E-state index in [9.17, 15) is 0 Å². The zero-order chi connectivity index (χ0) is 42.6. The monoisotopic (exact) mass is 838 g/mol. The first kappa shape index (κ1) is 36.6. The molecule has 3 aliphatic rings. The van der Waals surface area contributed by atoms with Gasteiger partial charge >= 0.3 is 0 Å². The van der Waals surface area contributed by atoms with Crippen LogP contribution in [0.5, 0.6) is 0 Å². The van der Waals surface area contributed by atoms with Crippen LogP contribution in [0.25, 0.3) is 38.6 Å². The molecule has 0 amide bonds. The van der Waals surface area contributed by atoms with Crippen LogP contribution in [0.2, 0.25) is 0 Å². The molecule has 1 spiro atoms. The van der Waals surface area contributed by atoms with E-state index < -0.39 is 8.07 Å². The summed E-state index contributed by atoms with van der Waals surface area (Å²) in [5.41, 5.74) is 18.2. The Labute approximate surface area is 380 Å². The van der Waals surface area contributed by atoms with Gasteiger partial charge in [-0.25, -0.2) is 0 Å². The Morgan fingerprint density at radius 2 is 0.831 bits per heavy atom.